The summed E-state index contributed by atoms with van der Waals surface area (Å²) in [7, 11) is 0. The van der Waals surface area contributed by atoms with Crippen LogP contribution in [-0.4, -0.2) is 50.2 Å². The lowest BCUT2D eigenvalue weighted by Gasteiger charge is -2.15. The van der Waals surface area contributed by atoms with Crippen LogP contribution in [0, 0.1) is 13.8 Å². The van der Waals surface area contributed by atoms with Crippen LogP contribution in [-0.2, 0) is 4.74 Å². The van der Waals surface area contributed by atoms with Gasteiger partial charge in [0.1, 0.15) is 30.1 Å². The predicted octanol–water partition coefficient (Wildman–Crippen LogP) is -0.306. The van der Waals surface area contributed by atoms with Crippen molar-refractivity contribution in [1.29, 1.82) is 0 Å². The first-order chi connectivity index (χ1) is 10.4. The van der Waals surface area contributed by atoms with E-state index in [2.05, 4.69) is 9.97 Å². The summed E-state index contributed by atoms with van der Waals surface area (Å²) in [5, 5.41) is 29.8. The van der Waals surface area contributed by atoms with E-state index in [1.807, 2.05) is 13.8 Å². The molecule has 0 aliphatic carbocycles. The van der Waals surface area contributed by atoms with Crippen molar-refractivity contribution < 1.29 is 20.1 Å². The monoisotopic (exact) mass is 306 g/mol. The first kappa shape index (κ1) is 15.1. The molecular formula is C15H18N2O5. The van der Waals surface area contributed by atoms with Gasteiger partial charge >= 0.3 is 0 Å². The third-order valence-corrected chi connectivity index (χ3v) is 4.28. The van der Waals surface area contributed by atoms with Gasteiger partial charge in [0.2, 0.25) is 0 Å². The molecule has 1 fully saturated rings. The first-order valence-corrected chi connectivity index (χ1v) is 7.05. The average molecular weight is 306 g/mol. The summed E-state index contributed by atoms with van der Waals surface area (Å²) in [5.74, 6) is 0. The number of aliphatic hydroxyl groups excluding tert-OH is 3. The number of ether oxygens (including phenoxy) is 1. The second-order valence-corrected chi connectivity index (χ2v) is 5.64. The molecule has 0 aromatic carbocycles. The molecule has 0 radical (unpaired) electrons. The normalized spacial score (nSPS) is 28.4. The number of hydrogen-bond donors (Lipinski definition) is 4. The van der Waals surface area contributed by atoms with Crippen molar-refractivity contribution in [3.8, 4) is 0 Å². The van der Waals surface area contributed by atoms with Crippen LogP contribution in [0.25, 0.3) is 11.0 Å². The number of H-pyrrole nitrogens is 1. The Kier molecular flexibility index (Phi) is 3.73. The lowest BCUT2D eigenvalue weighted by molar-refractivity contribution is -0.0231. The van der Waals surface area contributed by atoms with Crippen molar-refractivity contribution in [2.75, 3.05) is 6.61 Å². The molecule has 0 saturated carbocycles. The Bertz CT molecular complexity index is 772. The standard InChI is InChI=1S/C15H18N2O5/c1-6-4-16-14-8(7(6)2)3-9(15(21)17-14)13-12(20)11(19)10(5-18)22-13/h3-4,10-13,18-20H,5H2,1-2H3,(H,16,17,21). The number of nitrogens with one attached hydrogen (secondary N) is 1. The Morgan fingerprint density at radius 2 is 2.05 bits per heavy atom. The second-order valence-electron chi connectivity index (χ2n) is 5.64. The lowest BCUT2D eigenvalue weighted by Crippen LogP contribution is -2.33. The maximum atomic E-state index is 12.2. The van der Waals surface area contributed by atoms with Crippen LogP contribution in [0.2, 0.25) is 0 Å². The van der Waals surface area contributed by atoms with Crippen molar-refractivity contribution in [3.63, 3.8) is 0 Å². The summed E-state index contributed by atoms with van der Waals surface area (Å²) in [6, 6.07) is 1.63. The predicted molar refractivity (Wildman–Crippen MR) is 78.6 cm³/mol. The Morgan fingerprint density at radius 1 is 1.32 bits per heavy atom. The molecule has 2 aromatic rings. The molecule has 0 amide bonds. The van der Waals surface area contributed by atoms with Gasteiger partial charge in [0.05, 0.1) is 6.61 Å². The van der Waals surface area contributed by atoms with Gasteiger partial charge in [-0.05, 0) is 31.0 Å². The number of pyridine rings is 2. The number of rotatable bonds is 2. The highest BCUT2D eigenvalue weighted by atomic mass is 16.6. The van der Waals surface area contributed by atoms with Crippen LogP contribution in [0.1, 0.15) is 22.8 Å². The largest absolute Gasteiger partial charge is 0.394 e. The summed E-state index contributed by atoms with van der Waals surface area (Å²) >= 11 is 0. The number of hydrogen-bond acceptors (Lipinski definition) is 6. The number of fused-ring (bicyclic) bond motifs is 1. The molecule has 1 saturated heterocycles. The number of aliphatic hydroxyl groups is 3. The Morgan fingerprint density at radius 3 is 2.68 bits per heavy atom. The Labute approximate surface area is 126 Å². The van der Waals surface area contributed by atoms with Crippen LogP contribution in [0.5, 0.6) is 0 Å². The zero-order chi connectivity index (χ0) is 16.0. The summed E-state index contributed by atoms with van der Waals surface area (Å²) < 4.78 is 5.43. The summed E-state index contributed by atoms with van der Waals surface area (Å²) in [5.41, 5.74) is 2.19. The number of nitrogens with zero attached hydrogens (tertiary/aromatic N) is 1. The molecule has 3 rings (SSSR count). The van der Waals surface area contributed by atoms with Crippen LogP contribution in [0.3, 0.4) is 0 Å². The van der Waals surface area contributed by atoms with Crippen molar-refractivity contribution in [2.24, 2.45) is 0 Å². The molecule has 0 spiro atoms. The molecule has 1 aliphatic rings. The molecule has 0 bridgehead atoms. The highest BCUT2D eigenvalue weighted by Gasteiger charge is 2.44. The van der Waals surface area contributed by atoms with Crippen molar-refractivity contribution >= 4 is 11.0 Å². The molecule has 22 heavy (non-hydrogen) atoms. The fraction of sp³-hybridized carbons (Fsp3) is 0.467. The fourth-order valence-electron chi connectivity index (χ4n) is 2.76. The zero-order valence-electron chi connectivity index (χ0n) is 12.3. The smallest absolute Gasteiger partial charge is 0.255 e. The van der Waals surface area contributed by atoms with Gasteiger partial charge in [-0.2, -0.15) is 0 Å². The molecule has 7 nitrogen and oxygen atoms in total. The molecule has 4 N–H and O–H groups in total. The van der Waals surface area contributed by atoms with E-state index in [4.69, 9.17) is 9.84 Å². The van der Waals surface area contributed by atoms with Crippen LogP contribution in [0.15, 0.2) is 17.1 Å². The summed E-state index contributed by atoms with van der Waals surface area (Å²) in [6.07, 6.45) is -2.72. The quantitative estimate of drug-likeness (QED) is 0.605. The number of aryl methyl sites for hydroxylation is 2. The SMILES string of the molecule is Cc1cnc2[nH]c(=O)c(C3OC(CO)C(O)C3O)cc2c1C. The molecule has 1 aliphatic heterocycles. The van der Waals surface area contributed by atoms with Crippen LogP contribution < -0.4 is 5.56 Å². The molecule has 118 valence electrons. The van der Waals surface area contributed by atoms with Crippen molar-refractivity contribution in [3.05, 3.63) is 39.3 Å². The Hall–Kier alpha value is -1.80. The Balaban J connectivity index is 2.13. The topological polar surface area (TPSA) is 116 Å². The van der Waals surface area contributed by atoms with E-state index in [-0.39, 0.29) is 5.56 Å². The van der Waals surface area contributed by atoms with Crippen molar-refractivity contribution in [1.82, 2.24) is 9.97 Å². The van der Waals surface area contributed by atoms with Gasteiger partial charge in [0.15, 0.2) is 0 Å². The van der Waals surface area contributed by atoms with E-state index in [1.165, 1.54) is 0 Å². The van der Waals surface area contributed by atoms with Crippen LogP contribution in [0.4, 0.5) is 0 Å². The molecule has 4 atom stereocenters. The van der Waals surface area contributed by atoms with E-state index < -0.39 is 36.6 Å². The molecule has 2 aromatic heterocycles. The number of aromatic nitrogens is 2. The highest BCUT2D eigenvalue weighted by Crippen LogP contribution is 2.33. The molecular weight excluding hydrogens is 288 g/mol. The van der Waals surface area contributed by atoms with Gasteiger partial charge in [-0.1, -0.05) is 0 Å². The molecule has 4 unspecified atom stereocenters. The second kappa shape index (κ2) is 5.44. The third-order valence-electron chi connectivity index (χ3n) is 4.28. The maximum Gasteiger partial charge on any atom is 0.255 e. The molecule has 7 heteroatoms. The first-order valence-electron chi connectivity index (χ1n) is 7.05. The summed E-state index contributed by atoms with van der Waals surface area (Å²) in [4.78, 5) is 19.1. The summed E-state index contributed by atoms with van der Waals surface area (Å²) in [6.45, 7) is 3.40. The minimum absolute atomic E-state index is 0.213. The minimum atomic E-state index is -1.27. The van der Waals surface area contributed by atoms with Crippen molar-refractivity contribution in [2.45, 2.75) is 38.3 Å². The van der Waals surface area contributed by atoms with Gasteiger partial charge < -0.3 is 25.0 Å². The average Bonchev–Trinajstić information content (AvgIpc) is 2.79. The van der Waals surface area contributed by atoms with Gasteiger partial charge in [-0.25, -0.2) is 4.98 Å². The van der Waals surface area contributed by atoms with Gasteiger partial charge in [-0.15, -0.1) is 0 Å². The van der Waals surface area contributed by atoms with Gasteiger partial charge in [0.25, 0.3) is 5.56 Å². The lowest BCUT2D eigenvalue weighted by atomic mass is 10.00. The van der Waals surface area contributed by atoms with Gasteiger partial charge in [0, 0.05) is 17.1 Å². The minimum Gasteiger partial charge on any atom is -0.394 e. The van der Waals surface area contributed by atoms with E-state index in [9.17, 15) is 15.0 Å². The van der Waals surface area contributed by atoms with E-state index in [0.29, 0.717) is 5.65 Å². The van der Waals surface area contributed by atoms with Crippen LogP contribution >= 0.6 is 0 Å². The van der Waals surface area contributed by atoms with Gasteiger partial charge in [-0.3, -0.25) is 4.79 Å². The van der Waals surface area contributed by atoms with E-state index in [1.54, 1.807) is 12.3 Å². The number of aromatic amines is 1. The zero-order valence-corrected chi connectivity index (χ0v) is 12.3. The van der Waals surface area contributed by atoms with E-state index >= 15 is 0 Å². The third kappa shape index (κ3) is 2.22. The fourth-order valence-corrected chi connectivity index (χ4v) is 2.76. The van der Waals surface area contributed by atoms with E-state index in [0.717, 1.165) is 16.5 Å². The molecule has 3 heterocycles. The maximum absolute atomic E-state index is 12.2. The highest BCUT2D eigenvalue weighted by molar-refractivity contribution is 5.80.